The lowest BCUT2D eigenvalue weighted by atomic mass is 10.0. The number of nitrogens with zero attached hydrogens (tertiary/aromatic N) is 4. The van der Waals surface area contributed by atoms with Crippen LogP contribution in [0.2, 0.25) is 0 Å². The highest BCUT2D eigenvalue weighted by molar-refractivity contribution is 5.79. The summed E-state index contributed by atoms with van der Waals surface area (Å²) in [7, 11) is 3.70. The number of hydrogen-bond donors (Lipinski definition) is 1. The Balaban J connectivity index is 1.82. The molecule has 1 N–H and O–H groups in total. The first kappa shape index (κ1) is 20.5. The van der Waals surface area contributed by atoms with Crippen LogP contribution in [0.15, 0.2) is 4.79 Å². The van der Waals surface area contributed by atoms with Gasteiger partial charge in [-0.25, -0.2) is 4.98 Å². The molecule has 0 aliphatic carbocycles. The molecule has 2 atom stereocenters. The van der Waals surface area contributed by atoms with Crippen molar-refractivity contribution in [1.29, 1.82) is 0 Å². The molecular formula is C20H31N5O3. The second kappa shape index (κ2) is 8.43. The summed E-state index contributed by atoms with van der Waals surface area (Å²) in [5.74, 6) is 0.707. The van der Waals surface area contributed by atoms with Crippen LogP contribution in [0.25, 0.3) is 0 Å². The fraction of sp³-hybridized carbons (Fsp3) is 0.700. The van der Waals surface area contributed by atoms with Crippen molar-refractivity contribution in [3.05, 3.63) is 27.4 Å². The number of carbonyl (C=O) groups is 2. The van der Waals surface area contributed by atoms with E-state index >= 15 is 0 Å². The largest absolute Gasteiger partial charge is 0.337 e. The van der Waals surface area contributed by atoms with Gasteiger partial charge < -0.3 is 19.7 Å². The molecule has 1 aromatic rings. The number of likely N-dealkylation sites (tertiary alicyclic amines) is 1. The third kappa shape index (κ3) is 4.11. The third-order valence-electron chi connectivity index (χ3n) is 5.78. The lowest BCUT2D eigenvalue weighted by molar-refractivity contribution is -0.136. The number of aromatic nitrogens is 2. The maximum Gasteiger partial charge on any atom is 0.256 e. The Hall–Kier alpha value is -2.22. The number of H-pyrrole nitrogens is 1. The molecule has 154 valence electrons. The van der Waals surface area contributed by atoms with Crippen molar-refractivity contribution in [2.24, 2.45) is 5.92 Å². The first-order valence-electron chi connectivity index (χ1n) is 10.2. The summed E-state index contributed by atoms with van der Waals surface area (Å²) in [5, 5.41) is 0. The van der Waals surface area contributed by atoms with E-state index in [0.29, 0.717) is 44.0 Å². The van der Waals surface area contributed by atoms with Crippen LogP contribution in [-0.4, -0.2) is 70.2 Å². The Kier molecular flexibility index (Phi) is 6.17. The second-order valence-electron chi connectivity index (χ2n) is 8.18. The van der Waals surface area contributed by atoms with Gasteiger partial charge in [0.1, 0.15) is 5.82 Å². The predicted octanol–water partition coefficient (Wildman–Crippen LogP) is 0.926. The zero-order valence-corrected chi connectivity index (χ0v) is 17.3. The van der Waals surface area contributed by atoms with E-state index in [1.165, 1.54) is 0 Å². The number of rotatable bonds is 5. The number of nitrogens with one attached hydrogen (secondary N) is 1. The minimum Gasteiger partial charge on any atom is -0.337 e. The van der Waals surface area contributed by atoms with Crippen LogP contribution < -0.4 is 5.56 Å². The fourth-order valence-electron chi connectivity index (χ4n) is 3.96. The van der Waals surface area contributed by atoms with Gasteiger partial charge in [0.25, 0.3) is 5.56 Å². The van der Waals surface area contributed by atoms with Crippen molar-refractivity contribution < 1.29 is 9.59 Å². The minimum atomic E-state index is -0.190. The zero-order chi connectivity index (χ0) is 20.4. The lowest BCUT2D eigenvalue weighted by Crippen LogP contribution is -2.43. The number of hydrogen-bond acceptors (Lipinski definition) is 5. The highest BCUT2D eigenvalue weighted by atomic mass is 16.2. The van der Waals surface area contributed by atoms with Gasteiger partial charge in [0.2, 0.25) is 11.8 Å². The summed E-state index contributed by atoms with van der Waals surface area (Å²) in [6, 6.07) is -0.159. The van der Waals surface area contributed by atoms with E-state index in [9.17, 15) is 14.4 Å². The van der Waals surface area contributed by atoms with E-state index in [1.54, 1.807) is 4.90 Å². The van der Waals surface area contributed by atoms with Crippen LogP contribution in [0.1, 0.15) is 56.2 Å². The molecule has 0 aromatic carbocycles. The molecule has 3 rings (SSSR count). The van der Waals surface area contributed by atoms with Crippen molar-refractivity contribution in [2.75, 3.05) is 33.7 Å². The van der Waals surface area contributed by atoms with Crippen molar-refractivity contribution in [1.82, 2.24) is 24.7 Å². The molecule has 3 heterocycles. The van der Waals surface area contributed by atoms with Crippen molar-refractivity contribution in [3.8, 4) is 0 Å². The molecule has 2 aliphatic heterocycles. The van der Waals surface area contributed by atoms with E-state index in [2.05, 4.69) is 4.98 Å². The van der Waals surface area contributed by atoms with Gasteiger partial charge in [0, 0.05) is 25.4 Å². The van der Waals surface area contributed by atoms with Gasteiger partial charge in [-0.2, -0.15) is 0 Å². The van der Waals surface area contributed by atoms with Gasteiger partial charge in [-0.1, -0.05) is 13.8 Å². The molecule has 28 heavy (non-hydrogen) atoms. The third-order valence-corrected chi connectivity index (χ3v) is 5.78. The average Bonchev–Trinajstić information content (AvgIpc) is 3.15. The van der Waals surface area contributed by atoms with Crippen molar-refractivity contribution in [3.63, 3.8) is 0 Å². The standard InChI is InChI=1S/C20H31N5O3/c1-5-13(2)20(28)25-9-6-7-16(25)18-21-15-8-10-24(17(26)12-23(3)4)11-14(15)19(27)22-18/h13,16H,5-12H2,1-4H3,(H,21,22,27)/t13-,16+/m1/s1. The molecule has 0 unspecified atom stereocenters. The lowest BCUT2D eigenvalue weighted by Gasteiger charge is -2.30. The molecule has 8 nitrogen and oxygen atoms in total. The minimum absolute atomic E-state index is 0.0141. The van der Waals surface area contributed by atoms with Gasteiger partial charge in [0.05, 0.1) is 30.4 Å². The van der Waals surface area contributed by atoms with Gasteiger partial charge in [-0.3, -0.25) is 14.4 Å². The molecule has 1 aromatic heterocycles. The molecule has 1 saturated heterocycles. The highest BCUT2D eigenvalue weighted by Crippen LogP contribution is 2.31. The molecule has 0 radical (unpaired) electrons. The first-order chi connectivity index (χ1) is 13.3. The molecule has 0 bridgehead atoms. The maximum atomic E-state index is 12.8. The van der Waals surface area contributed by atoms with Crippen LogP contribution in [0, 0.1) is 5.92 Å². The van der Waals surface area contributed by atoms with Gasteiger partial charge in [-0.15, -0.1) is 0 Å². The predicted molar refractivity (Wildman–Crippen MR) is 106 cm³/mol. The average molecular weight is 390 g/mol. The van der Waals surface area contributed by atoms with Crippen LogP contribution in [0.5, 0.6) is 0 Å². The Labute approximate surface area is 165 Å². The molecule has 8 heteroatoms. The SMILES string of the molecule is CC[C@@H](C)C(=O)N1CCC[C@H]1c1nc2c(c(=O)[nH]1)CN(C(=O)CN(C)C)CC2. The summed E-state index contributed by atoms with van der Waals surface area (Å²) in [4.78, 5) is 50.8. The molecule has 0 saturated carbocycles. The van der Waals surface area contributed by atoms with E-state index in [4.69, 9.17) is 4.98 Å². The van der Waals surface area contributed by atoms with Crippen LogP contribution in [0.4, 0.5) is 0 Å². The number of amides is 2. The number of fused-ring (bicyclic) bond motifs is 1. The second-order valence-corrected chi connectivity index (χ2v) is 8.18. The van der Waals surface area contributed by atoms with Gasteiger partial charge >= 0.3 is 0 Å². The summed E-state index contributed by atoms with van der Waals surface area (Å²) < 4.78 is 0. The summed E-state index contributed by atoms with van der Waals surface area (Å²) in [6.07, 6.45) is 3.10. The van der Waals surface area contributed by atoms with Crippen LogP contribution in [0.3, 0.4) is 0 Å². The van der Waals surface area contributed by atoms with E-state index in [0.717, 1.165) is 25.0 Å². The Morgan fingerprint density at radius 1 is 1.32 bits per heavy atom. The molecule has 2 amide bonds. The summed E-state index contributed by atoms with van der Waals surface area (Å²) >= 11 is 0. The topological polar surface area (TPSA) is 89.6 Å². The van der Waals surface area contributed by atoms with Crippen molar-refractivity contribution >= 4 is 11.8 Å². The Bertz CT molecular complexity index is 804. The molecule has 2 aliphatic rings. The monoisotopic (exact) mass is 389 g/mol. The summed E-state index contributed by atoms with van der Waals surface area (Å²) in [6.45, 7) is 5.85. The van der Waals surface area contributed by atoms with Gasteiger partial charge in [0.15, 0.2) is 0 Å². The van der Waals surface area contributed by atoms with E-state index in [1.807, 2.05) is 37.7 Å². The van der Waals surface area contributed by atoms with E-state index < -0.39 is 0 Å². The van der Waals surface area contributed by atoms with Crippen molar-refractivity contribution in [2.45, 2.75) is 52.1 Å². The van der Waals surface area contributed by atoms with Crippen LogP contribution >= 0.6 is 0 Å². The molecule has 1 fully saturated rings. The zero-order valence-electron chi connectivity index (χ0n) is 17.3. The smallest absolute Gasteiger partial charge is 0.256 e. The maximum absolute atomic E-state index is 12.8. The first-order valence-corrected chi connectivity index (χ1v) is 10.2. The molecular weight excluding hydrogens is 358 g/mol. The molecule has 0 spiro atoms. The summed E-state index contributed by atoms with van der Waals surface area (Å²) in [5.41, 5.74) is 1.14. The quantitative estimate of drug-likeness (QED) is 0.809. The number of likely N-dealkylation sites (N-methyl/N-ethyl adjacent to an activating group) is 1. The number of aromatic amines is 1. The highest BCUT2D eigenvalue weighted by Gasteiger charge is 2.34. The fourth-order valence-corrected chi connectivity index (χ4v) is 3.96. The Morgan fingerprint density at radius 2 is 2.07 bits per heavy atom. The van der Waals surface area contributed by atoms with Gasteiger partial charge in [-0.05, 0) is 33.4 Å². The normalized spacial score (nSPS) is 20.4. The van der Waals surface area contributed by atoms with E-state index in [-0.39, 0.29) is 29.3 Å². The van der Waals surface area contributed by atoms with Crippen LogP contribution in [-0.2, 0) is 22.6 Å². The Morgan fingerprint density at radius 3 is 2.75 bits per heavy atom. The number of carbonyl (C=O) groups excluding carboxylic acids is 2.